The average Bonchev–Trinajstić information content (AvgIpc) is 2.33. The van der Waals surface area contributed by atoms with Gasteiger partial charge < -0.3 is 4.90 Å². The maximum absolute atomic E-state index is 13.0. The lowest BCUT2D eigenvalue weighted by Gasteiger charge is -2.17. The number of hydrogen-bond acceptors (Lipinski definition) is 2. The fourth-order valence-corrected chi connectivity index (χ4v) is 1.87. The third-order valence-corrected chi connectivity index (χ3v) is 3.11. The molecule has 1 aromatic rings. The lowest BCUT2D eigenvalue weighted by molar-refractivity contribution is 0.0966. The van der Waals surface area contributed by atoms with Gasteiger partial charge in [-0.3, -0.25) is 4.79 Å². The molecule has 0 unspecified atom stereocenters. The minimum atomic E-state index is -0.430. The lowest BCUT2D eigenvalue weighted by Crippen LogP contribution is -2.25. The average molecular weight is 258 g/mol. The van der Waals surface area contributed by atoms with Gasteiger partial charge in [-0.2, -0.15) is 0 Å². The maximum Gasteiger partial charge on any atom is 0.165 e. The summed E-state index contributed by atoms with van der Waals surface area (Å²) >= 11 is 5.87. The molecule has 17 heavy (non-hydrogen) atoms. The molecule has 94 valence electrons. The monoisotopic (exact) mass is 257 g/mol. The van der Waals surface area contributed by atoms with Gasteiger partial charge in [0.05, 0.1) is 5.02 Å². The predicted molar refractivity (Wildman–Crippen MR) is 68.1 cm³/mol. The van der Waals surface area contributed by atoms with Crippen LogP contribution in [0.25, 0.3) is 0 Å². The van der Waals surface area contributed by atoms with Crippen LogP contribution in [0.15, 0.2) is 18.2 Å². The van der Waals surface area contributed by atoms with E-state index >= 15 is 0 Å². The minimum absolute atomic E-state index is 0.110. The van der Waals surface area contributed by atoms with Gasteiger partial charge in [-0.15, -0.1) is 0 Å². The standard InChI is InChI=1S/C13H17ClFNO/c1-3-16(4-2)8-7-13(17)11-9-10(15)5-6-12(11)14/h5-6,9H,3-4,7-8H2,1-2H3. The fourth-order valence-electron chi connectivity index (χ4n) is 1.65. The number of rotatable bonds is 6. The maximum atomic E-state index is 13.0. The summed E-state index contributed by atoms with van der Waals surface area (Å²) in [4.78, 5) is 14.0. The Kier molecular flexibility index (Phi) is 5.59. The van der Waals surface area contributed by atoms with Crippen molar-refractivity contribution < 1.29 is 9.18 Å². The number of hydrogen-bond donors (Lipinski definition) is 0. The van der Waals surface area contributed by atoms with Crippen molar-refractivity contribution in [1.82, 2.24) is 4.90 Å². The van der Waals surface area contributed by atoms with Gasteiger partial charge in [0.1, 0.15) is 5.82 Å². The van der Waals surface area contributed by atoms with Crippen LogP contribution in [0.5, 0.6) is 0 Å². The highest BCUT2D eigenvalue weighted by molar-refractivity contribution is 6.33. The number of benzene rings is 1. The first-order valence-electron chi connectivity index (χ1n) is 5.79. The molecule has 0 saturated heterocycles. The molecule has 0 aliphatic rings. The Hall–Kier alpha value is -0.930. The molecule has 4 heteroatoms. The van der Waals surface area contributed by atoms with Crippen LogP contribution in [0.2, 0.25) is 5.02 Å². The van der Waals surface area contributed by atoms with E-state index in [4.69, 9.17) is 11.6 Å². The van der Waals surface area contributed by atoms with Gasteiger partial charge >= 0.3 is 0 Å². The van der Waals surface area contributed by atoms with E-state index in [-0.39, 0.29) is 11.3 Å². The third kappa shape index (κ3) is 4.10. The highest BCUT2D eigenvalue weighted by Crippen LogP contribution is 2.18. The molecule has 0 heterocycles. The van der Waals surface area contributed by atoms with E-state index < -0.39 is 5.82 Å². The van der Waals surface area contributed by atoms with E-state index in [1.807, 2.05) is 13.8 Å². The second-order valence-electron chi connectivity index (χ2n) is 3.82. The first-order valence-corrected chi connectivity index (χ1v) is 6.16. The molecule has 0 aromatic heterocycles. The van der Waals surface area contributed by atoms with Gasteiger partial charge in [-0.05, 0) is 31.3 Å². The lowest BCUT2D eigenvalue weighted by atomic mass is 10.1. The van der Waals surface area contributed by atoms with Crippen molar-refractivity contribution in [1.29, 1.82) is 0 Å². The molecule has 2 nitrogen and oxygen atoms in total. The van der Waals surface area contributed by atoms with E-state index in [0.717, 1.165) is 13.1 Å². The zero-order valence-electron chi connectivity index (χ0n) is 10.2. The Labute approximate surface area is 106 Å². The van der Waals surface area contributed by atoms with Crippen molar-refractivity contribution in [2.45, 2.75) is 20.3 Å². The third-order valence-electron chi connectivity index (χ3n) is 2.78. The number of Topliss-reactive ketones (excluding diaryl/α,β-unsaturated/α-hetero) is 1. The van der Waals surface area contributed by atoms with Crippen LogP contribution in [-0.2, 0) is 0 Å². The topological polar surface area (TPSA) is 20.3 Å². The van der Waals surface area contributed by atoms with E-state index in [1.54, 1.807) is 0 Å². The molecule has 0 aliphatic heterocycles. The van der Waals surface area contributed by atoms with Gasteiger partial charge in [0, 0.05) is 18.5 Å². The van der Waals surface area contributed by atoms with Gasteiger partial charge in [0.25, 0.3) is 0 Å². The Balaban J connectivity index is 2.66. The first-order chi connectivity index (χ1) is 8.08. The van der Waals surface area contributed by atoms with E-state index in [2.05, 4.69) is 4.90 Å². The molecule has 0 atom stereocenters. The number of carbonyl (C=O) groups is 1. The number of ketones is 1. The van der Waals surface area contributed by atoms with Gasteiger partial charge in [-0.25, -0.2) is 4.39 Å². The number of carbonyl (C=O) groups excluding carboxylic acids is 1. The summed E-state index contributed by atoms with van der Waals surface area (Å²) in [6, 6.07) is 3.87. The van der Waals surface area contributed by atoms with Gasteiger partial charge in [0.2, 0.25) is 0 Å². The van der Waals surface area contributed by atoms with Crippen LogP contribution in [-0.4, -0.2) is 30.3 Å². The Morgan fingerprint density at radius 3 is 2.59 bits per heavy atom. The van der Waals surface area contributed by atoms with E-state index in [0.29, 0.717) is 18.0 Å². The predicted octanol–water partition coefficient (Wildman–Crippen LogP) is 3.39. The summed E-state index contributed by atoms with van der Waals surface area (Å²) < 4.78 is 13.0. The van der Waals surface area contributed by atoms with Crippen LogP contribution < -0.4 is 0 Å². The van der Waals surface area contributed by atoms with E-state index in [1.165, 1.54) is 18.2 Å². The molecule has 0 radical (unpaired) electrons. The second kappa shape index (κ2) is 6.72. The summed E-state index contributed by atoms with van der Waals surface area (Å²) in [6.45, 7) is 6.58. The molecule has 1 aromatic carbocycles. The molecule has 0 N–H and O–H groups in total. The van der Waals surface area contributed by atoms with Crippen LogP contribution in [0.1, 0.15) is 30.6 Å². The Bertz CT molecular complexity index is 391. The van der Waals surface area contributed by atoms with Crippen molar-refractivity contribution in [3.05, 3.63) is 34.6 Å². The largest absolute Gasteiger partial charge is 0.303 e. The zero-order chi connectivity index (χ0) is 12.8. The highest BCUT2D eigenvalue weighted by atomic mass is 35.5. The van der Waals surface area contributed by atoms with E-state index in [9.17, 15) is 9.18 Å². The molecule has 0 bridgehead atoms. The number of nitrogens with zero attached hydrogens (tertiary/aromatic N) is 1. The minimum Gasteiger partial charge on any atom is -0.303 e. The SMILES string of the molecule is CCN(CC)CCC(=O)c1cc(F)ccc1Cl. The van der Waals surface area contributed by atoms with Crippen molar-refractivity contribution >= 4 is 17.4 Å². The van der Waals surface area contributed by atoms with Crippen LogP contribution in [0.3, 0.4) is 0 Å². The Morgan fingerprint density at radius 2 is 2.00 bits per heavy atom. The first kappa shape index (κ1) is 14.1. The normalized spacial score (nSPS) is 10.9. The summed E-state index contributed by atoms with van der Waals surface area (Å²) in [7, 11) is 0. The van der Waals surface area contributed by atoms with Gasteiger partial charge in [-0.1, -0.05) is 25.4 Å². The second-order valence-corrected chi connectivity index (χ2v) is 4.23. The molecule has 0 amide bonds. The molecule has 0 aliphatic carbocycles. The van der Waals surface area contributed by atoms with Crippen molar-refractivity contribution in [3.8, 4) is 0 Å². The summed E-state index contributed by atoms with van der Waals surface area (Å²) in [5.41, 5.74) is 0.277. The number of halogens is 2. The zero-order valence-corrected chi connectivity index (χ0v) is 10.9. The summed E-state index contributed by atoms with van der Waals surface area (Å²) in [6.07, 6.45) is 0.366. The van der Waals surface area contributed by atoms with Crippen LogP contribution in [0, 0.1) is 5.82 Å². The molecular weight excluding hydrogens is 241 g/mol. The van der Waals surface area contributed by atoms with Crippen molar-refractivity contribution in [2.24, 2.45) is 0 Å². The molecule has 0 spiro atoms. The summed E-state index contributed by atoms with van der Waals surface area (Å²) in [5.74, 6) is -0.540. The highest BCUT2D eigenvalue weighted by Gasteiger charge is 2.12. The molecule has 1 rings (SSSR count). The quantitative estimate of drug-likeness (QED) is 0.728. The van der Waals surface area contributed by atoms with Crippen molar-refractivity contribution in [2.75, 3.05) is 19.6 Å². The smallest absolute Gasteiger partial charge is 0.165 e. The Morgan fingerprint density at radius 1 is 1.35 bits per heavy atom. The molecular formula is C13H17ClFNO. The molecule has 0 saturated carbocycles. The molecule has 0 fully saturated rings. The van der Waals surface area contributed by atoms with Crippen molar-refractivity contribution in [3.63, 3.8) is 0 Å². The van der Waals surface area contributed by atoms with Gasteiger partial charge in [0.15, 0.2) is 5.78 Å². The van der Waals surface area contributed by atoms with Crippen LogP contribution in [0.4, 0.5) is 4.39 Å². The van der Waals surface area contributed by atoms with Crippen LogP contribution >= 0.6 is 11.6 Å². The fraction of sp³-hybridized carbons (Fsp3) is 0.462. The summed E-state index contributed by atoms with van der Waals surface area (Å²) in [5, 5.41) is 0.316.